The van der Waals surface area contributed by atoms with Crippen LogP contribution in [0.15, 0.2) is 0 Å². The molecule has 2 fully saturated rings. The molecule has 88 valence electrons. The lowest BCUT2D eigenvalue weighted by atomic mass is 10.1. The summed E-state index contributed by atoms with van der Waals surface area (Å²) in [5.41, 5.74) is 5.65. The Morgan fingerprint density at radius 3 is 2.67 bits per heavy atom. The number of rotatable bonds is 3. The Morgan fingerprint density at radius 1 is 1.27 bits per heavy atom. The Hall–Kier alpha value is -0.130. The summed E-state index contributed by atoms with van der Waals surface area (Å²) >= 11 is 0. The molecule has 0 aromatic rings. The van der Waals surface area contributed by atoms with Crippen LogP contribution in [0.4, 0.5) is 0 Å². The van der Waals surface area contributed by atoms with Gasteiger partial charge in [0.25, 0.3) is 0 Å². The first-order chi connectivity index (χ1) is 7.11. The minimum absolute atomic E-state index is 0.0767. The molecular weight excluding hydrogens is 214 g/mol. The first kappa shape index (κ1) is 11.4. The fourth-order valence-corrected chi connectivity index (χ4v) is 4.17. The van der Waals surface area contributed by atoms with Gasteiger partial charge in [-0.25, -0.2) is 8.42 Å². The fraction of sp³-hybridized carbons (Fsp3) is 1.00. The van der Waals surface area contributed by atoms with Gasteiger partial charge in [0, 0.05) is 0 Å². The van der Waals surface area contributed by atoms with Crippen molar-refractivity contribution in [2.75, 3.05) is 18.1 Å². The van der Waals surface area contributed by atoms with E-state index in [-0.39, 0.29) is 23.7 Å². The Kier molecular flexibility index (Phi) is 3.33. The Bertz CT molecular complexity index is 315. The molecule has 0 radical (unpaired) electrons. The summed E-state index contributed by atoms with van der Waals surface area (Å²) in [4.78, 5) is 0. The van der Waals surface area contributed by atoms with Crippen LogP contribution in [-0.2, 0) is 14.6 Å². The second-order valence-corrected chi connectivity index (χ2v) is 6.85. The van der Waals surface area contributed by atoms with Crippen molar-refractivity contribution in [1.29, 1.82) is 0 Å². The molecule has 1 aliphatic carbocycles. The molecule has 1 heterocycles. The monoisotopic (exact) mass is 233 g/mol. The predicted octanol–water partition coefficient (Wildman–Crippen LogP) is 0.318. The topological polar surface area (TPSA) is 69.4 Å². The third kappa shape index (κ3) is 2.71. The van der Waals surface area contributed by atoms with Crippen LogP contribution >= 0.6 is 0 Å². The Balaban J connectivity index is 1.87. The molecule has 2 aliphatic rings. The van der Waals surface area contributed by atoms with Gasteiger partial charge in [-0.15, -0.1) is 0 Å². The standard InChI is InChI=1S/C10H19NO3S/c11-6-8-2-1-3-10(8)14-9-4-5-15(12,13)7-9/h8-10H,1-7,11H2. The molecule has 0 spiro atoms. The summed E-state index contributed by atoms with van der Waals surface area (Å²) < 4.78 is 28.4. The van der Waals surface area contributed by atoms with Crippen molar-refractivity contribution in [2.24, 2.45) is 11.7 Å². The Morgan fingerprint density at radius 2 is 2.07 bits per heavy atom. The third-order valence-electron chi connectivity index (χ3n) is 3.45. The SMILES string of the molecule is NCC1CCCC1OC1CCS(=O)(=O)C1. The van der Waals surface area contributed by atoms with Crippen molar-refractivity contribution in [1.82, 2.24) is 0 Å². The van der Waals surface area contributed by atoms with Gasteiger partial charge >= 0.3 is 0 Å². The maximum atomic E-state index is 11.3. The maximum absolute atomic E-state index is 11.3. The molecule has 2 rings (SSSR count). The van der Waals surface area contributed by atoms with Gasteiger partial charge in [0.1, 0.15) is 0 Å². The van der Waals surface area contributed by atoms with Gasteiger partial charge in [-0.2, -0.15) is 0 Å². The third-order valence-corrected chi connectivity index (χ3v) is 5.19. The summed E-state index contributed by atoms with van der Waals surface area (Å²) in [5, 5.41) is 0. The minimum Gasteiger partial charge on any atom is -0.374 e. The first-order valence-corrected chi connectivity index (χ1v) is 7.49. The van der Waals surface area contributed by atoms with Crippen molar-refractivity contribution < 1.29 is 13.2 Å². The number of nitrogens with two attached hydrogens (primary N) is 1. The van der Waals surface area contributed by atoms with Crippen molar-refractivity contribution in [3.8, 4) is 0 Å². The normalized spacial score (nSPS) is 39.7. The summed E-state index contributed by atoms with van der Waals surface area (Å²) in [5.74, 6) is 0.937. The van der Waals surface area contributed by atoms with Crippen molar-refractivity contribution in [3.63, 3.8) is 0 Å². The summed E-state index contributed by atoms with van der Waals surface area (Å²) in [6.07, 6.45) is 4.11. The average molecular weight is 233 g/mol. The molecule has 1 saturated carbocycles. The van der Waals surface area contributed by atoms with E-state index in [0.29, 0.717) is 18.9 Å². The second kappa shape index (κ2) is 4.39. The van der Waals surface area contributed by atoms with Crippen molar-refractivity contribution in [3.05, 3.63) is 0 Å². The molecule has 4 nitrogen and oxygen atoms in total. The summed E-state index contributed by atoms with van der Waals surface area (Å²) in [6, 6.07) is 0. The smallest absolute Gasteiger partial charge is 0.152 e. The molecule has 3 atom stereocenters. The van der Waals surface area contributed by atoms with Gasteiger partial charge in [-0.05, 0) is 31.7 Å². The zero-order valence-corrected chi connectivity index (χ0v) is 9.71. The summed E-state index contributed by atoms with van der Waals surface area (Å²) in [7, 11) is -2.82. The molecule has 3 unspecified atom stereocenters. The molecule has 0 aromatic heterocycles. The molecular formula is C10H19NO3S. The van der Waals surface area contributed by atoms with E-state index < -0.39 is 9.84 Å². The zero-order valence-electron chi connectivity index (χ0n) is 8.89. The van der Waals surface area contributed by atoms with E-state index in [1.54, 1.807) is 0 Å². The number of sulfone groups is 1. The van der Waals surface area contributed by atoms with Gasteiger partial charge < -0.3 is 10.5 Å². The lowest BCUT2D eigenvalue weighted by Gasteiger charge is -2.22. The number of hydrogen-bond donors (Lipinski definition) is 1. The lowest BCUT2D eigenvalue weighted by molar-refractivity contribution is -0.0163. The van der Waals surface area contributed by atoms with Crippen LogP contribution in [0.3, 0.4) is 0 Å². The van der Waals surface area contributed by atoms with Gasteiger partial charge in [-0.3, -0.25) is 0 Å². The molecule has 2 N–H and O–H groups in total. The highest BCUT2D eigenvalue weighted by atomic mass is 32.2. The van der Waals surface area contributed by atoms with Crippen LogP contribution in [0, 0.1) is 5.92 Å². The van der Waals surface area contributed by atoms with Crippen LogP contribution in [-0.4, -0.2) is 38.7 Å². The van der Waals surface area contributed by atoms with E-state index in [1.165, 1.54) is 0 Å². The molecule has 15 heavy (non-hydrogen) atoms. The molecule has 0 aromatic carbocycles. The highest BCUT2D eigenvalue weighted by molar-refractivity contribution is 7.91. The van der Waals surface area contributed by atoms with Crippen LogP contribution in [0.5, 0.6) is 0 Å². The van der Waals surface area contributed by atoms with Crippen LogP contribution < -0.4 is 5.73 Å². The van der Waals surface area contributed by atoms with Crippen LogP contribution in [0.2, 0.25) is 0 Å². The second-order valence-electron chi connectivity index (χ2n) is 4.63. The van der Waals surface area contributed by atoms with Gasteiger partial charge in [0.15, 0.2) is 9.84 Å². The maximum Gasteiger partial charge on any atom is 0.152 e. The van der Waals surface area contributed by atoms with Crippen molar-refractivity contribution in [2.45, 2.75) is 37.9 Å². The van der Waals surface area contributed by atoms with E-state index in [9.17, 15) is 8.42 Å². The van der Waals surface area contributed by atoms with Crippen LogP contribution in [0.1, 0.15) is 25.7 Å². The van der Waals surface area contributed by atoms with E-state index in [2.05, 4.69) is 0 Å². The van der Waals surface area contributed by atoms with E-state index >= 15 is 0 Å². The molecule has 1 saturated heterocycles. The zero-order chi connectivity index (χ0) is 10.9. The van der Waals surface area contributed by atoms with Gasteiger partial charge in [-0.1, -0.05) is 6.42 Å². The van der Waals surface area contributed by atoms with E-state index in [0.717, 1.165) is 19.3 Å². The highest BCUT2D eigenvalue weighted by Crippen LogP contribution is 2.30. The Labute approximate surface area is 91.1 Å². The molecule has 0 amide bonds. The van der Waals surface area contributed by atoms with Gasteiger partial charge in [0.05, 0.1) is 23.7 Å². The fourth-order valence-electron chi connectivity index (χ4n) is 2.57. The summed E-state index contributed by atoms with van der Waals surface area (Å²) in [6.45, 7) is 0.657. The largest absolute Gasteiger partial charge is 0.374 e. The lowest BCUT2D eigenvalue weighted by Crippen LogP contribution is -2.30. The number of ether oxygens (including phenoxy) is 1. The molecule has 0 bridgehead atoms. The van der Waals surface area contributed by atoms with E-state index in [4.69, 9.17) is 10.5 Å². The quantitative estimate of drug-likeness (QED) is 0.762. The average Bonchev–Trinajstić information content (AvgIpc) is 2.73. The highest BCUT2D eigenvalue weighted by Gasteiger charge is 2.34. The minimum atomic E-state index is -2.82. The van der Waals surface area contributed by atoms with Gasteiger partial charge in [0.2, 0.25) is 0 Å². The first-order valence-electron chi connectivity index (χ1n) is 5.66. The molecule has 1 aliphatic heterocycles. The van der Waals surface area contributed by atoms with Crippen LogP contribution in [0.25, 0.3) is 0 Å². The van der Waals surface area contributed by atoms with E-state index in [1.807, 2.05) is 0 Å². The predicted molar refractivity (Wildman–Crippen MR) is 58.3 cm³/mol. The molecule has 5 heteroatoms. The number of hydrogen-bond acceptors (Lipinski definition) is 4. The van der Waals surface area contributed by atoms with Crippen molar-refractivity contribution >= 4 is 9.84 Å².